The van der Waals surface area contributed by atoms with Gasteiger partial charge in [-0.15, -0.1) is 6.58 Å². The van der Waals surface area contributed by atoms with E-state index in [1.807, 2.05) is 27.0 Å². The molecule has 0 radical (unpaired) electrons. The van der Waals surface area contributed by atoms with Crippen LogP contribution in [0.25, 0.3) is 10.8 Å². The summed E-state index contributed by atoms with van der Waals surface area (Å²) in [5, 5.41) is 1.31. The van der Waals surface area contributed by atoms with Gasteiger partial charge >= 0.3 is 5.97 Å². The van der Waals surface area contributed by atoms with Gasteiger partial charge in [0.05, 0.1) is 42.2 Å². The van der Waals surface area contributed by atoms with Gasteiger partial charge in [0.25, 0.3) is 0 Å². The fourth-order valence-electron chi connectivity index (χ4n) is 8.06. The number of aryl methyl sites for hydroxylation is 2. The third-order valence-corrected chi connectivity index (χ3v) is 13.6. The van der Waals surface area contributed by atoms with Gasteiger partial charge in [0.2, 0.25) is 27.7 Å². The average Bonchev–Trinajstić information content (AvgIpc) is 4.02. The number of Topliss-reactive ketones (excluding diaryl/α,β-unsaturated/α-hetero) is 1. The standard InChI is InChI=1S/C41H55N3O8S/c1-8-26-22-42-36-31-17-25(12-15-30(26)31)11-10-16-40(6,7)24-51-35(46)19-32(39(3,4)5)37(47)44-23-28(52-36)18-33(44)34(45)21-41(20-27(41)9-2)38(48)43-53(49,50)29-13-14-29/h9,12,15,17,22,27-29,32-33H,2,8,10-11,13-14,16,18-21,23-24H2,1,3-7H3,(H,43,48)/t27-,28-,32-,33?,41-/m1/s1. The molecule has 3 heterocycles. The number of hydrogen-bond acceptors (Lipinski definition) is 9. The summed E-state index contributed by atoms with van der Waals surface area (Å²) in [6.07, 6.45) is 7.11. The minimum Gasteiger partial charge on any atom is -0.472 e. The smallest absolute Gasteiger partial charge is 0.306 e. The van der Waals surface area contributed by atoms with Crippen molar-refractivity contribution in [2.45, 2.75) is 123 Å². The van der Waals surface area contributed by atoms with Crippen LogP contribution >= 0.6 is 0 Å². The van der Waals surface area contributed by atoms with E-state index in [1.165, 1.54) is 4.90 Å². The fraction of sp³-hybridized carbons (Fsp3) is 0.634. The topological polar surface area (TPSA) is 149 Å². The first kappa shape index (κ1) is 38.9. The Hall–Kier alpha value is -3.80. The number of benzene rings is 1. The summed E-state index contributed by atoms with van der Waals surface area (Å²) in [4.78, 5) is 62.3. The molecule has 2 aliphatic carbocycles. The highest BCUT2D eigenvalue weighted by atomic mass is 32.2. The molecule has 12 heteroatoms. The Labute approximate surface area is 313 Å². The van der Waals surface area contributed by atoms with Gasteiger partial charge in [0.1, 0.15) is 6.10 Å². The number of esters is 1. The van der Waals surface area contributed by atoms with E-state index in [4.69, 9.17) is 14.5 Å². The first-order valence-corrected chi connectivity index (χ1v) is 20.7. The molecule has 0 spiro atoms. The second-order valence-corrected chi connectivity index (χ2v) is 19.6. The number of hydrogen-bond donors (Lipinski definition) is 1. The Morgan fingerprint density at radius 1 is 1.15 bits per heavy atom. The number of pyridine rings is 1. The molecule has 6 rings (SSSR count). The van der Waals surface area contributed by atoms with Crippen molar-refractivity contribution in [1.29, 1.82) is 0 Å². The summed E-state index contributed by atoms with van der Waals surface area (Å²) < 4.78 is 40.2. The number of nitrogens with one attached hydrogen (secondary N) is 1. The number of allylic oxidation sites excluding steroid dienone is 1. The number of aromatic nitrogens is 1. The number of ketones is 1. The van der Waals surface area contributed by atoms with Gasteiger partial charge < -0.3 is 14.4 Å². The number of nitrogens with zero attached hydrogens (tertiary/aromatic N) is 2. The largest absolute Gasteiger partial charge is 0.472 e. The molecule has 2 aromatic rings. The SMILES string of the molecule is C=C[C@@H]1C[C@]1(CC(=O)C1C[C@@H]2CN1C(=O)[C@H](C(C)(C)C)CC(=O)OCC(C)(C)CCCc1ccc3c(CC)cnc(c3c1)O2)C(=O)NS(=O)(=O)C1CC1. The van der Waals surface area contributed by atoms with E-state index in [0.29, 0.717) is 18.7 Å². The molecule has 1 aromatic heterocycles. The van der Waals surface area contributed by atoms with Gasteiger partial charge in [-0.25, -0.2) is 13.4 Å². The van der Waals surface area contributed by atoms with Gasteiger partial charge in [-0.05, 0) is 84.3 Å². The van der Waals surface area contributed by atoms with Gasteiger partial charge in [0.15, 0.2) is 5.78 Å². The van der Waals surface area contributed by atoms with Crippen molar-refractivity contribution >= 4 is 44.4 Å². The van der Waals surface area contributed by atoms with Gasteiger partial charge in [0, 0.05) is 24.4 Å². The maximum atomic E-state index is 14.7. The van der Waals surface area contributed by atoms with Crippen LogP contribution in [0.3, 0.4) is 0 Å². The number of carbonyl (C=O) groups excluding carboxylic acids is 4. The summed E-state index contributed by atoms with van der Waals surface area (Å²) in [6, 6.07) is 5.38. The van der Waals surface area contributed by atoms with Crippen molar-refractivity contribution in [2.75, 3.05) is 13.2 Å². The molecule has 1 N–H and O–H groups in total. The number of cyclic esters (lactones) is 1. The van der Waals surface area contributed by atoms with E-state index in [-0.39, 0.29) is 61.9 Å². The minimum absolute atomic E-state index is 0.0719. The van der Waals surface area contributed by atoms with Crippen LogP contribution in [0.4, 0.5) is 0 Å². The maximum Gasteiger partial charge on any atom is 0.306 e. The van der Waals surface area contributed by atoms with E-state index in [1.54, 1.807) is 6.08 Å². The molecular formula is C41H55N3O8S. The van der Waals surface area contributed by atoms with Gasteiger partial charge in [-0.1, -0.05) is 59.8 Å². The third kappa shape index (κ3) is 8.32. The molecule has 2 amide bonds. The van der Waals surface area contributed by atoms with Crippen molar-refractivity contribution < 1.29 is 37.1 Å². The van der Waals surface area contributed by atoms with Crippen LogP contribution in [-0.4, -0.2) is 72.4 Å². The highest BCUT2D eigenvalue weighted by molar-refractivity contribution is 7.90. The van der Waals surface area contributed by atoms with Crippen molar-refractivity contribution in [3.05, 3.63) is 48.2 Å². The molecule has 4 bridgehead atoms. The summed E-state index contributed by atoms with van der Waals surface area (Å²) in [7, 11) is -3.84. The molecule has 11 nitrogen and oxygen atoms in total. The quantitative estimate of drug-likeness (QED) is 0.259. The van der Waals surface area contributed by atoms with Crippen molar-refractivity contribution in [3.8, 4) is 5.88 Å². The van der Waals surface area contributed by atoms with Crippen LogP contribution in [0.15, 0.2) is 37.1 Å². The zero-order valence-corrected chi connectivity index (χ0v) is 32.9. The lowest BCUT2D eigenvalue weighted by molar-refractivity contribution is -0.155. The van der Waals surface area contributed by atoms with Crippen LogP contribution in [0, 0.1) is 28.1 Å². The van der Waals surface area contributed by atoms with Crippen LogP contribution in [0.2, 0.25) is 0 Å². The van der Waals surface area contributed by atoms with E-state index in [2.05, 4.69) is 50.3 Å². The van der Waals surface area contributed by atoms with Crippen LogP contribution < -0.4 is 9.46 Å². The van der Waals surface area contributed by atoms with E-state index >= 15 is 0 Å². The zero-order valence-electron chi connectivity index (χ0n) is 32.0. The molecule has 1 saturated heterocycles. The molecule has 2 aliphatic heterocycles. The molecule has 2 saturated carbocycles. The Kier molecular flexibility index (Phi) is 10.6. The van der Waals surface area contributed by atoms with E-state index < -0.39 is 56.0 Å². The molecule has 1 unspecified atom stereocenters. The minimum atomic E-state index is -3.84. The monoisotopic (exact) mass is 749 g/mol. The predicted molar refractivity (Wildman–Crippen MR) is 201 cm³/mol. The molecule has 5 atom stereocenters. The molecule has 53 heavy (non-hydrogen) atoms. The summed E-state index contributed by atoms with van der Waals surface area (Å²) in [6.45, 7) is 16.0. The number of amides is 2. The van der Waals surface area contributed by atoms with Crippen LogP contribution in [0.5, 0.6) is 5.88 Å². The second-order valence-electron chi connectivity index (χ2n) is 17.6. The number of rotatable bonds is 8. The van der Waals surface area contributed by atoms with Crippen molar-refractivity contribution in [2.24, 2.45) is 28.1 Å². The summed E-state index contributed by atoms with van der Waals surface area (Å²) in [5.41, 5.74) is -0.00134. The number of ether oxygens (including phenoxy) is 2. The Balaban J connectivity index is 1.36. The highest BCUT2D eigenvalue weighted by Crippen LogP contribution is 2.57. The van der Waals surface area contributed by atoms with Crippen LogP contribution in [0.1, 0.15) is 104 Å². The highest BCUT2D eigenvalue weighted by Gasteiger charge is 2.61. The Bertz CT molecular complexity index is 1910. The summed E-state index contributed by atoms with van der Waals surface area (Å²) >= 11 is 0. The lowest BCUT2D eigenvalue weighted by Crippen LogP contribution is -2.48. The zero-order chi connectivity index (χ0) is 38.5. The maximum absolute atomic E-state index is 14.7. The van der Waals surface area contributed by atoms with Crippen molar-refractivity contribution in [1.82, 2.24) is 14.6 Å². The lowest BCUT2D eigenvalue weighted by Gasteiger charge is -2.35. The first-order valence-electron chi connectivity index (χ1n) is 19.1. The number of carbonyl (C=O) groups is 4. The molecule has 288 valence electrons. The third-order valence-electron chi connectivity index (χ3n) is 11.8. The van der Waals surface area contributed by atoms with Crippen molar-refractivity contribution in [3.63, 3.8) is 0 Å². The normalized spacial score (nSPS) is 28.1. The van der Waals surface area contributed by atoms with E-state index in [9.17, 15) is 27.6 Å². The second kappa shape index (κ2) is 14.5. The fourth-order valence-corrected chi connectivity index (χ4v) is 9.45. The molecule has 4 aliphatic rings. The first-order chi connectivity index (χ1) is 24.9. The average molecular weight is 750 g/mol. The molecule has 1 aromatic carbocycles. The van der Waals surface area contributed by atoms with Crippen LogP contribution in [-0.2, 0) is 46.8 Å². The number of sulfonamides is 1. The number of fused-ring (bicyclic) bond motifs is 3. The molecular weight excluding hydrogens is 695 g/mol. The predicted octanol–water partition coefficient (Wildman–Crippen LogP) is 5.86. The Morgan fingerprint density at radius 3 is 2.53 bits per heavy atom. The van der Waals surface area contributed by atoms with E-state index in [0.717, 1.165) is 47.6 Å². The Morgan fingerprint density at radius 2 is 1.89 bits per heavy atom. The molecule has 3 fully saturated rings. The summed E-state index contributed by atoms with van der Waals surface area (Å²) in [5.74, 6) is -2.68. The lowest BCUT2D eigenvalue weighted by atomic mass is 9.77. The van der Waals surface area contributed by atoms with Gasteiger partial charge in [-0.3, -0.25) is 23.9 Å². The van der Waals surface area contributed by atoms with Gasteiger partial charge in [-0.2, -0.15) is 0 Å².